The molecule has 0 saturated carbocycles. The van der Waals surface area contributed by atoms with E-state index >= 15 is 0 Å². The first-order valence-electron chi connectivity index (χ1n) is 2.80. The Morgan fingerprint density at radius 3 is 2.50 bits per heavy atom. The third kappa shape index (κ3) is 2.59. The van der Waals surface area contributed by atoms with E-state index in [1.165, 1.54) is 14.2 Å². The summed E-state index contributed by atoms with van der Waals surface area (Å²) in [4.78, 5) is 20.5. The second-order valence-corrected chi connectivity index (χ2v) is 1.65. The lowest BCUT2D eigenvalue weighted by Crippen LogP contribution is -2.24. The number of hydrogen-bond acceptors (Lipinski definition) is 4. The maximum Gasteiger partial charge on any atom is 0.335 e. The molecule has 1 unspecified atom stereocenters. The van der Waals surface area contributed by atoms with Gasteiger partial charge in [0.05, 0.1) is 7.11 Å². The fourth-order valence-corrected chi connectivity index (χ4v) is 0.508. The highest BCUT2D eigenvalue weighted by atomic mass is 16.6. The van der Waals surface area contributed by atoms with Gasteiger partial charge in [0.15, 0.2) is 6.10 Å². The molecule has 58 valence electrons. The summed E-state index contributed by atoms with van der Waals surface area (Å²) in [6.45, 7) is 0. The number of hydrogen-bond donors (Lipinski definition) is 0. The Balaban J connectivity index is 3.79. The SMILES string of the molecule is COC(=O)C(CC=O)OC. The van der Waals surface area contributed by atoms with E-state index < -0.39 is 12.1 Å². The Morgan fingerprint density at radius 2 is 2.20 bits per heavy atom. The van der Waals surface area contributed by atoms with Crippen molar-refractivity contribution in [2.24, 2.45) is 0 Å². The van der Waals surface area contributed by atoms with Crippen LogP contribution in [0, 0.1) is 0 Å². The number of methoxy groups -OCH3 is 2. The summed E-state index contributed by atoms with van der Waals surface area (Å²) in [7, 11) is 2.60. The summed E-state index contributed by atoms with van der Waals surface area (Å²) in [6.07, 6.45) is -0.0867. The van der Waals surface area contributed by atoms with Gasteiger partial charge in [-0.05, 0) is 0 Å². The molecule has 0 bridgehead atoms. The Kier molecular flexibility index (Phi) is 4.49. The van der Waals surface area contributed by atoms with Crippen molar-refractivity contribution < 1.29 is 19.1 Å². The molecule has 0 heterocycles. The highest BCUT2D eigenvalue weighted by Gasteiger charge is 2.16. The van der Waals surface area contributed by atoms with Gasteiger partial charge in [-0.3, -0.25) is 0 Å². The molecule has 0 amide bonds. The minimum Gasteiger partial charge on any atom is -0.467 e. The second-order valence-electron chi connectivity index (χ2n) is 1.65. The summed E-state index contributed by atoms with van der Waals surface area (Å²) < 4.78 is 8.97. The molecule has 0 fully saturated rings. The van der Waals surface area contributed by atoms with Crippen LogP contribution in [0.4, 0.5) is 0 Å². The van der Waals surface area contributed by atoms with E-state index in [2.05, 4.69) is 9.47 Å². The van der Waals surface area contributed by atoms with Crippen molar-refractivity contribution >= 4 is 12.3 Å². The molecule has 0 N–H and O–H groups in total. The average molecular weight is 146 g/mol. The Bertz CT molecular complexity index is 121. The highest BCUT2D eigenvalue weighted by molar-refractivity contribution is 5.77. The van der Waals surface area contributed by atoms with Crippen molar-refractivity contribution in [1.29, 1.82) is 0 Å². The fraction of sp³-hybridized carbons (Fsp3) is 0.667. The Morgan fingerprint density at radius 1 is 1.60 bits per heavy atom. The smallest absolute Gasteiger partial charge is 0.335 e. The summed E-state index contributed by atoms with van der Waals surface area (Å²) in [5.74, 6) is -0.519. The molecule has 0 aromatic heterocycles. The normalized spacial score (nSPS) is 12.2. The van der Waals surface area contributed by atoms with Crippen LogP contribution in [-0.2, 0) is 19.1 Å². The van der Waals surface area contributed by atoms with E-state index in [0.717, 1.165) is 0 Å². The van der Waals surface area contributed by atoms with Gasteiger partial charge in [0.1, 0.15) is 6.29 Å². The minimum absolute atomic E-state index is 0.0448. The fourth-order valence-electron chi connectivity index (χ4n) is 0.508. The van der Waals surface area contributed by atoms with Gasteiger partial charge in [0.25, 0.3) is 0 Å². The minimum atomic E-state index is -0.748. The van der Waals surface area contributed by atoms with Crippen molar-refractivity contribution in [3.8, 4) is 0 Å². The van der Waals surface area contributed by atoms with Gasteiger partial charge in [-0.25, -0.2) is 4.79 Å². The highest BCUT2D eigenvalue weighted by Crippen LogP contribution is 1.95. The molecular weight excluding hydrogens is 136 g/mol. The lowest BCUT2D eigenvalue weighted by atomic mass is 10.3. The van der Waals surface area contributed by atoms with Crippen LogP contribution in [0.3, 0.4) is 0 Å². The molecule has 0 aliphatic heterocycles. The Hall–Kier alpha value is -0.900. The quantitative estimate of drug-likeness (QED) is 0.406. The second kappa shape index (κ2) is 4.93. The van der Waals surface area contributed by atoms with Crippen LogP contribution in [-0.4, -0.2) is 32.6 Å². The van der Waals surface area contributed by atoms with Crippen molar-refractivity contribution in [2.45, 2.75) is 12.5 Å². The molecule has 4 nitrogen and oxygen atoms in total. The molecular formula is C6H10O4. The van der Waals surface area contributed by atoms with Gasteiger partial charge in [0, 0.05) is 13.5 Å². The molecule has 4 heteroatoms. The first-order valence-corrected chi connectivity index (χ1v) is 2.80. The lowest BCUT2D eigenvalue weighted by Gasteiger charge is -2.07. The summed E-state index contributed by atoms with van der Waals surface area (Å²) in [5.41, 5.74) is 0. The van der Waals surface area contributed by atoms with Crippen LogP contribution in [0.25, 0.3) is 0 Å². The summed E-state index contributed by atoms with van der Waals surface area (Å²) >= 11 is 0. The van der Waals surface area contributed by atoms with E-state index in [1.54, 1.807) is 0 Å². The van der Waals surface area contributed by atoms with E-state index in [9.17, 15) is 9.59 Å². The predicted octanol–water partition coefficient (Wildman–Crippen LogP) is -0.237. The molecule has 10 heavy (non-hydrogen) atoms. The molecule has 0 aromatic carbocycles. The number of esters is 1. The van der Waals surface area contributed by atoms with Crippen LogP contribution in [0.1, 0.15) is 6.42 Å². The zero-order valence-corrected chi connectivity index (χ0v) is 5.99. The molecule has 0 aliphatic carbocycles. The third-order valence-corrected chi connectivity index (χ3v) is 1.06. The molecule has 1 atom stereocenters. The summed E-state index contributed by atoms with van der Waals surface area (Å²) in [6, 6.07) is 0. The molecule has 0 saturated heterocycles. The van der Waals surface area contributed by atoms with Crippen LogP contribution in [0.2, 0.25) is 0 Å². The number of ether oxygens (including phenoxy) is 2. The number of carbonyl (C=O) groups is 2. The largest absolute Gasteiger partial charge is 0.467 e. The van der Waals surface area contributed by atoms with Crippen molar-refractivity contribution in [2.75, 3.05) is 14.2 Å². The van der Waals surface area contributed by atoms with Crippen LogP contribution in [0.5, 0.6) is 0 Å². The number of rotatable bonds is 4. The van der Waals surface area contributed by atoms with E-state index in [0.29, 0.717) is 6.29 Å². The van der Waals surface area contributed by atoms with Gasteiger partial charge in [-0.2, -0.15) is 0 Å². The zero-order valence-electron chi connectivity index (χ0n) is 5.99. The van der Waals surface area contributed by atoms with Crippen LogP contribution < -0.4 is 0 Å². The maximum absolute atomic E-state index is 10.6. The molecule has 0 aliphatic rings. The standard InChI is InChI=1S/C6H10O4/c1-9-5(3-4-7)6(8)10-2/h4-5H,3H2,1-2H3. The lowest BCUT2D eigenvalue weighted by molar-refractivity contribution is -0.153. The number of aldehydes is 1. The summed E-state index contributed by atoms with van der Waals surface area (Å²) in [5, 5.41) is 0. The molecule has 0 radical (unpaired) electrons. The first-order chi connectivity index (χ1) is 4.76. The zero-order chi connectivity index (χ0) is 7.98. The van der Waals surface area contributed by atoms with Crippen molar-refractivity contribution in [3.05, 3.63) is 0 Å². The van der Waals surface area contributed by atoms with E-state index in [4.69, 9.17) is 0 Å². The first kappa shape index (κ1) is 9.10. The monoisotopic (exact) mass is 146 g/mol. The predicted molar refractivity (Wildman–Crippen MR) is 33.5 cm³/mol. The van der Waals surface area contributed by atoms with E-state index in [1.807, 2.05) is 0 Å². The molecule has 0 rings (SSSR count). The van der Waals surface area contributed by atoms with E-state index in [-0.39, 0.29) is 6.42 Å². The van der Waals surface area contributed by atoms with Gasteiger partial charge in [-0.15, -0.1) is 0 Å². The van der Waals surface area contributed by atoms with Gasteiger partial charge >= 0.3 is 5.97 Å². The van der Waals surface area contributed by atoms with Gasteiger partial charge in [-0.1, -0.05) is 0 Å². The third-order valence-electron chi connectivity index (χ3n) is 1.06. The van der Waals surface area contributed by atoms with Crippen LogP contribution >= 0.6 is 0 Å². The Labute approximate surface area is 59.1 Å². The number of carbonyl (C=O) groups excluding carboxylic acids is 2. The van der Waals surface area contributed by atoms with Gasteiger partial charge < -0.3 is 14.3 Å². The van der Waals surface area contributed by atoms with Gasteiger partial charge in [0.2, 0.25) is 0 Å². The van der Waals surface area contributed by atoms with Crippen LogP contribution in [0.15, 0.2) is 0 Å². The maximum atomic E-state index is 10.6. The average Bonchev–Trinajstić information content (AvgIpc) is 1.99. The van der Waals surface area contributed by atoms with Crippen molar-refractivity contribution in [3.63, 3.8) is 0 Å². The molecule has 0 aromatic rings. The molecule has 0 spiro atoms. The van der Waals surface area contributed by atoms with Crippen molar-refractivity contribution in [1.82, 2.24) is 0 Å². The topological polar surface area (TPSA) is 52.6 Å².